The summed E-state index contributed by atoms with van der Waals surface area (Å²) in [5, 5.41) is 2.04. The van der Waals surface area contributed by atoms with E-state index in [1.165, 1.54) is 23.1 Å². The molecule has 4 rings (SSSR count). The molecule has 26 heavy (non-hydrogen) atoms. The van der Waals surface area contributed by atoms with E-state index in [-0.39, 0.29) is 24.6 Å². The van der Waals surface area contributed by atoms with Crippen molar-refractivity contribution in [2.45, 2.75) is 51.2 Å². The zero-order valence-electron chi connectivity index (χ0n) is 15.6. The van der Waals surface area contributed by atoms with Crippen LogP contribution in [0.2, 0.25) is 0 Å². The summed E-state index contributed by atoms with van der Waals surface area (Å²) in [7, 11) is 0. The van der Waals surface area contributed by atoms with Crippen LogP contribution in [-0.4, -0.2) is 17.7 Å². The third-order valence-corrected chi connectivity index (χ3v) is 6.04. The minimum absolute atomic E-state index is 0. The van der Waals surface area contributed by atoms with Crippen LogP contribution in [0.25, 0.3) is 0 Å². The summed E-state index contributed by atoms with van der Waals surface area (Å²) in [6.07, 6.45) is 3.66. The van der Waals surface area contributed by atoms with Gasteiger partial charge in [-0.2, -0.15) is 0 Å². The van der Waals surface area contributed by atoms with E-state index >= 15 is 0 Å². The zero-order valence-corrected chi connectivity index (χ0v) is 16.4. The Morgan fingerprint density at radius 3 is 2.62 bits per heavy atom. The Balaban J connectivity index is 0.00000196. The Labute approximate surface area is 162 Å². The Kier molecular flexibility index (Phi) is 5.91. The normalized spacial score (nSPS) is 28.1. The lowest BCUT2D eigenvalue weighted by atomic mass is 9.81. The standard InChI is InChI=1S/C22H28N2O.ClH/c1-15-16(2)25-22-19(10-6-12-20(15)22)14-18-11-7-13-24(23)21(18)17-8-4-3-5-9-17;/h3-6,8-10,12,15-16,18,21H,7,11,13-14,23H2,1-2H3;1H/t15?,16?,18-,21+;/m0./s1. The predicted octanol–water partition coefficient (Wildman–Crippen LogP) is 4.86. The van der Waals surface area contributed by atoms with Crippen LogP contribution in [0.3, 0.4) is 0 Å². The number of ether oxygens (including phenoxy) is 1. The van der Waals surface area contributed by atoms with Crippen LogP contribution >= 0.6 is 12.4 Å². The van der Waals surface area contributed by atoms with Gasteiger partial charge in [-0.15, -0.1) is 12.4 Å². The molecule has 2 aromatic carbocycles. The molecule has 2 aromatic rings. The second-order valence-electron chi connectivity index (χ2n) is 7.65. The minimum Gasteiger partial charge on any atom is -0.490 e. The van der Waals surface area contributed by atoms with E-state index in [2.05, 4.69) is 62.4 Å². The maximum atomic E-state index is 6.41. The highest BCUT2D eigenvalue weighted by molar-refractivity contribution is 5.85. The van der Waals surface area contributed by atoms with E-state index in [1.807, 2.05) is 5.01 Å². The van der Waals surface area contributed by atoms with Crippen LogP contribution in [0.1, 0.15) is 55.3 Å². The van der Waals surface area contributed by atoms with Gasteiger partial charge in [-0.3, -0.25) is 5.84 Å². The van der Waals surface area contributed by atoms with Crippen LogP contribution in [0.5, 0.6) is 5.75 Å². The number of nitrogens with zero attached hydrogens (tertiary/aromatic N) is 1. The first kappa shape index (κ1) is 19.2. The van der Waals surface area contributed by atoms with Crippen molar-refractivity contribution in [3.63, 3.8) is 0 Å². The molecule has 0 amide bonds. The van der Waals surface area contributed by atoms with Crippen molar-refractivity contribution in [1.29, 1.82) is 0 Å². The topological polar surface area (TPSA) is 38.5 Å². The van der Waals surface area contributed by atoms with E-state index in [1.54, 1.807) is 0 Å². The lowest BCUT2D eigenvalue weighted by Gasteiger charge is -2.39. The van der Waals surface area contributed by atoms with Gasteiger partial charge in [-0.25, -0.2) is 5.01 Å². The zero-order chi connectivity index (χ0) is 17.4. The number of benzene rings is 2. The van der Waals surface area contributed by atoms with Gasteiger partial charge in [0, 0.05) is 18.0 Å². The van der Waals surface area contributed by atoms with E-state index < -0.39 is 0 Å². The first-order valence-corrected chi connectivity index (χ1v) is 9.50. The van der Waals surface area contributed by atoms with Gasteiger partial charge in [0.1, 0.15) is 11.9 Å². The van der Waals surface area contributed by atoms with Gasteiger partial charge in [0.2, 0.25) is 0 Å². The fraction of sp³-hybridized carbons (Fsp3) is 0.455. The SMILES string of the molecule is CC1Oc2c(C[C@@H]3CCCN(N)[C@@H]3c3ccccc3)cccc2C1C.Cl. The predicted molar refractivity (Wildman–Crippen MR) is 109 cm³/mol. The number of hydrogen-bond donors (Lipinski definition) is 1. The van der Waals surface area contributed by atoms with Crippen LogP contribution in [0.4, 0.5) is 0 Å². The number of piperidine rings is 1. The number of halogens is 1. The lowest BCUT2D eigenvalue weighted by Crippen LogP contribution is -2.44. The molecule has 2 aliphatic rings. The molecule has 2 unspecified atom stereocenters. The molecule has 2 aliphatic heterocycles. The van der Waals surface area contributed by atoms with Crippen LogP contribution < -0.4 is 10.6 Å². The monoisotopic (exact) mass is 372 g/mol. The summed E-state index contributed by atoms with van der Waals surface area (Å²) in [6, 6.07) is 17.6. The largest absolute Gasteiger partial charge is 0.490 e. The molecule has 2 N–H and O–H groups in total. The van der Waals surface area contributed by atoms with Gasteiger partial charge < -0.3 is 4.74 Å². The van der Waals surface area contributed by atoms with Crippen molar-refractivity contribution in [1.82, 2.24) is 5.01 Å². The molecule has 2 heterocycles. The highest BCUT2D eigenvalue weighted by atomic mass is 35.5. The molecule has 3 nitrogen and oxygen atoms in total. The van der Waals surface area contributed by atoms with Gasteiger partial charge in [0.05, 0.1) is 6.04 Å². The summed E-state index contributed by atoms with van der Waals surface area (Å²) >= 11 is 0. The van der Waals surface area contributed by atoms with E-state index in [0.717, 1.165) is 25.1 Å². The molecular formula is C22H29ClN2O. The van der Waals surface area contributed by atoms with Crippen molar-refractivity contribution in [2.24, 2.45) is 11.8 Å². The molecule has 0 aromatic heterocycles. The van der Waals surface area contributed by atoms with Gasteiger partial charge in [-0.05, 0) is 43.2 Å². The Morgan fingerprint density at radius 1 is 1.08 bits per heavy atom. The number of fused-ring (bicyclic) bond motifs is 1. The van der Waals surface area contributed by atoms with Crippen molar-refractivity contribution in [2.75, 3.05) is 6.54 Å². The molecule has 1 saturated heterocycles. The molecule has 0 saturated carbocycles. The summed E-state index contributed by atoms with van der Waals surface area (Å²) in [4.78, 5) is 0. The van der Waals surface area contributed by atoms with Gasteiger partial charge in [0.25, 0.3) is 0 Å². The molecule has 0 radical (unpaired) electrons. The third kappa shape index (κ3) is 3.48. The van der Waals surface area contributed by atoms with Crippen molar-refractivity contribution in [3.05, 3.63) is 65.2 Å². The first-order valence-electron chi connectivity index (χ1n) is 9.50. The maximum Gasteiger partial charge on any atom is 0.126 e. The molecule has 0 aliphatic carbocycles. The number of nitrogens with two attached hydrogens (primary N) is 1. The fourth-order valence-corrected chi connectivity index (χ4v) is 4.52. The molecule has 4 heteroatoms. The molecule has 4 atom stereocenters. The van der Waals surface area contributed by atoms with E-state index in [9.17, 15) is 0 Å². The average molecular weight is 373 g/mol. The van der Waals surface area contributed by atoms with E-state index in [4.69, 9.17) is 10.6 Å². The quantitative estimate of drug-likeness (QED) is 0.781. The Bertz CT molecular complexity index is 736. The highest BCUT2D eigenvalue weighted by Crippen LogP contribution is 2.43. The average Bonchev–Trinajstić information content (AvgIpc) is 2.92. The summed E-state index contributed by atoms with van der Waals surface area (Å²) in [6.45, 7) is 5.40. The molecule has 1 fully saturated rings. The highest BCUT2D eigenvalue weighted by Gasteiger charge is 2.34. The molecule has 0 spiro atoms. The molecule has 0 bridgehead atoms. The smallest absolute Gasteiger partial charge is 0.126 e. The summed E-state index contributed by atoms with van der Waals surface area (Å²) in [5.41, 5.74) is 4.03. The summed E-state index contributed by atoms with van der Waals surface area (Å²) in [5.74, 6) is 8.53. The number of rotatable bonds is 3. The number of hydrazine groups is 1. The Morgan fingerprint density at radius 2 is 1.85 bits per heavy atom. The van der Waals surface area contributed by atoms with Crippen LogP contribution in [0.15, 0.2) is 48.5 Å². The Hall–Kier alpha value is -1.55. The second-order valence-corrected chi connectivity index (χ2v) is 7.65. The van der Waals surface area contributed by atoms with Crippen molar-refractivity contribution in [3.8, 4) is 5.75 Å². The molecular weight excluding hydrogens is 344 g/mol. The van der Waals surface area contributed by atoms with Crippen molar-refractivity contribution < 1.29 is 4.74 Å². The lowest BCUT2D eigenvalue weighted by molar-refractivity contribution is 0.0920. The first-order chi connectivity index (χ1) is 12.1. The number of para-hydroxylation sites is 1. The van der Waals surface area contributed by atoms with Gasteiger partial charge >= 0.3 is 0 Å². The van der Waals surface area contributed by atoms with Crippen molar-refractivity contribution >= 4 is 12.4 Å². The van der Waals surface area contributed by atoms with Crippen LogP contribution in [-0.2, 0) is 6.42 Å². The van der Waals surface area contributed by atoms with Gasteiger partial charge in [-0.1, -0.05) is 55.5 Å². The van der Waals surface area contributed by atoms with Gasteiger partial charge in [0.15, 0.2) is 0 Å². The maximum absolute atomic E-state index is 6.41. The minimum atomic E-state index is 0. The second kappa shape index (κ2) is 7.99. The third-order valence-electron chi connectivity index (χ3n) is 6.04. The van der Waals surface area contributed by atoms with Crippen LogP contribution in [0, 0.1) is 5.92 Å². The summed E-state index contributed by atoms with van der Waals surface area (Å²) < 4.78 is 6.21. The van der Waals surface area contributed by atoms with E-state index in [0.29, 0.717) is 11.8 Å². The molecule has 140 valence electrons. The fourth-order valence-electron chi connectivity index (χ4n) is 4.52. The number of hydrogen-bond acceptors (Lipinski definition) is 3.